The lowest BCUT2D eigenvalue weighted by atomic mass is 9.98. The number of primary amides is 1. The van der Waals surface area contributed by atoms with Crippen LogP contribution >= 0.6 is 0 Å². The molecular formula is C48H70N8O11. The highest BCUT2D eigenvalue weighted by Crippen LogP contribution is 2.25. The van der Waals surface area contributed by atoms with Crippen molar-refractivity contribution in [1.29, 1.82) is 0 Å². The number of carbonyl (C=O) groups excluding carboxylic acids is 7. The van der Waals surface area contributed by atoms with E-state index in [4.69, 9.17) is 25.7 Å². The van der Waals surface area contributed by atoms with E-state index in [1.165, 1.54) is 25.4 Å². The largest absolute Gasteiger partial charge is 0.494 e. The van der Waals surface area contributed by atoms with Crippen LogP contribution in [0.1, 0.15) is 92.9 Å². The second-order valence-corrected chi connectivity index (χ2v) is 17.6. The van der Waals surface area contributed by atoms with Crippen LogP contribution < -0.4 is 53.1 Å². The third-order valence-electron chi connectivity index (χ3n) is 10.6. The Morgan fingerprint density at radius 2 is 1.31 bits per heavy atom. The molecule has 19 nitrogen and oxygen atoms in total. The van der Waals surface area contributed by atoms with Crippen molar-refractivity contribution in [3.05, 3.63) is 65.1 Å². The maximum absolute atomic E-state index is 13.4. The first-order chi connectivity index (χ1) is 31.8. The average molecular weight is 935 g/mol. The van der Waals surface area contributed by atoms with Crippen molar-refractivity contribution in [1.82, 2.24) is 25.8 Å². The predicted octanol–water partition coefficient (Wildman–Crippen LogP) is 3.04. The van der Waals surface area contributed by atoms with Gasteiger partial charge in [0.2, 0.25) is 35.4 Å². The van der Waals surface area contributed by atoms with E-state index in [1.807, 2.05) is 50.2 Å². The first-order valence-corrected chi connectivity index (χ1v) is 22.9. The zero-order valence-corrected chi connectivity index (χ0v) is 39.8. The van der Waals surface area contributed by atoms with Crippen molar-refractivity contribution in [3.63, 3.8) is 0 Å². The summed E-state index contributed by atoms with van der Waals surface area (Å²) in [6.45, 7) is 11.7. The Bertz CT molecular complexity index is 2210. The third kappa shape index (κ3) is 19.1. The minimum absolute atomic E-state index is 0.00405. The summed E-state index contributed by atoms with van der Waals surface area (Å²) in [6, 6.07) is 10.7. The molecule has 1 aromatic heterocycles. The van der Waals surface area contributed by atoms with Crippen molar-refractivity contribution in [3.8, 4) is 11.5 Å². The Labute approximate surface area is 392 Å². The smallest absolute Gasteiger partial charge is 0.328 e. The van der Waals surface area contributed by atoms with E-state index in [0.717, 1.165) is 15.3 Å². The van der Waals surface area contributed by atoms with Gasteiger partial charge in [0, 0.05) is 25.6 Å². The van der Waals surface area contributed by atoms with E-state index < -0.39 is 59.3 Å². The van der Waals surface area contributed by atoms with Gasteiger partial charge in [0.25, 0.3) is 5.56 Å². The van der Waals surface area contributed by atoms with Gasteiger partial charge >= 0.3 is 5.97 Å². The fraction of sp³-hybridized carbons (Fsp3) is 0.542. The summed E-state index contributed by atoms with van der Waals surface area (Å²) < 4.78 is 17.8. The first-order valence-electron chi connectivity index (χ1n) is 22.9. The minimum atomic E-state index is -0.925. The summed E-state index contributed by atoms with van der Waals surface area (Å²) >= 11 is 0. The van der Waals surface area contributed by atoms with Gasteiger partial charge in [-0.25, -0.2) is 4.79 Å². The number of nitrogens with two attached hydrogens (primary N) is 2. The van der Waals surface area contributed by atoms with Crippen molar-refractivity contribution >= 4 is 57.9 Å². The van der Waals surface area contributed by atoms with Crippen LogP contribution in [0.2, 0.25) is 0 Å². The highest BCUT2D eigenvalue weighted by atomic mass is 16.5. The molecule has 0 unspecified atom stereocenters. The summed E-state index contributed by atoms with van der Waals surface area (Å²) in [5.74, 6) is -2.49. The molecule has 67 heavy (non-hydrogen) atoms. The number of methoxy groups -OCH3 is 1. The van der Waals surface area contributed by atoms with Crippen LogP contribution in [0, 0.1) is 17.8 Å². The number of pyridine rings is 1. The molecule has 19 heteroatoms. The molecule has 3 aromatic rings. The van der Waals surface area contributed by atoms with E-state index in [-0.39, 0.29) is 61.2 Å². The van der Waals surface area contributed by atoms with E-state index in [1.54, 1.807) is 27.7 Å². The van der Waals surface area contributed by atoms with Crippen LogP contribution in [0.4, 0.5) is 5.69 Å². The van der Waals surface area contributed by atoms with Crippen LogP contribution in [0.25, 0.3) is 10.8 Å². The number of nitrogens with one attached hydrogen (secondary N) is 5. The molecule has 1 heterocycles. The molecule has 6 amide bonds. The van der Waals surface area contributed by atoms with Crippen molar-refractivity contribution < 1.29 is 47.8 Å². The van der Waals surface area contributed by atoms with Crippen molar-refractivity contribution in [2.75, 3.05) is 32.2 Å². The van der Waals surface area contributed by atoms with Gasteiger partial charge in [-0.15, -0.1) is 0 Å². The van der Waals surface area contributed by atoms with Gasteiger partial charge in [0.1, 0.15) is 41.9 Å². The van der Waals surface area contributed by atoms with Gasteiger partial charge in [0.05, 0.1) is 26.4 Å². The fourth-order valence-electron chi connectivity index (χ4n) is 6.94. The minimum Gasteiger partial charge on any atom is -0.494 e. The van der Waals surface area contributed by atoms with Crippen LogP contribution in [-0.2, 0) is 44.8 Å². The quantitative estimate of drug-likeness (QED) is 0.0391. The molecule has 3 rings (SSSR count). The Morgan fingerprint density at radius 1 is 0.701 bits per heavy atom. The number of unbranched alkanes of at least 4 members (excludes halogenated alkanes) is 1. The van der Waals surface area contributed by atoms with Crippen LogP contribution in [0.3, 0.4) is 0 Å². The Hall–Kier alpha value is -6.50. The van der Waals surface area contributed by atoms with Gasteiger partial charge < -0.3 is 56.8 Å². The monoisotopic (exact) mass is 935 g/mol. The van der Waals surface area contributed by atoms with Crippen LogP contribution in [0.15, 0.2) is 59.5 Å². The summed E-state index contributed by atoms with van der Waals surface area (Å²) in [5.41, 5.74) is 10.6. The second-order valence-electron chi connectivity index (χ2n) is 17.6. The molecule has 9 N–H and O–H groups in total. The molecule has 0 saturated carbocycles. The number of esters is 1. The summed E-state index contributed by atoms with van der Waals surface area (Å²) in [4.78, 5) is 101. The molecule has 0 aliphatic rings. The average Bonchev–Trinajstić information content (AvgIpc) is 3.27. The summed E-state index contributed by atoms with van der Waals surface area (Å²) in [7, 11) is 1.25. The van der Waals surface area contributed by atoms with Crippen molar-refractivity contribution in [2.24, 2.45) is 29.2 Å². The number of rotatable bonds is 29. The lowest BCUT2D eigenvalue weighted by molar-refractivity contribution is -0.146. The Balaban J connectivity index is 1.37. The molecule has 2 aromatic carbocycles. The number of ether oxygens (including phenoxy) is 3. The highest BCUT2D eigenvalue weighted by Gasteiger charge is 2.32. The van der Waals surface area contributed by atoms with E-state index in [2.05, 4.69) is 26.6 Å². The van der Waals surface area contributed by atoms with Gasteiger partial charge in [0.15, 0.2) is 0 Å². The van der Waals surface area contributed by atoms with Gasteiger partial charge in [-0.05, 0) is 103 Å². The zero-order chi connectivity index (χ0) is 49.6. The van der Waals surface area contributed by atoms with E-state index >= 15 is 0 Å². The molecule has 0 aliphatic carbocycles. The number of amides is 6. The Morgan fingerprint density at radius 3 is 1.88 bits per heavy atom. The Kier molecular flexibility index (Phi) is 22.8. The maximum atomic E-state index is 13.4. The third-order valence-corrected chi connectivity index (χ3v) is 10.6. The molecule has 368 valence electrons. The molecule has 0 bridgehead atoms. The van der Waals surface area contributed by atoms with Gasteiger partial charge in [-0.3, -0.25) is 33.6 Å². The normalized spacial score (nSPS) is 13.0. The topological polar surface area (TPSA) is 281 Å². The number of carbonyl (C=O) groups is 7. The first kappa shape index (κ1) is 54.8. The number of nitrogens with zero attached hydrogens (tertiary/aromatic N) is 1. The zero-order valence-electron chi connectivity index (χ0n) is 39.8. The lowest BCUT2D eigenvalue weighted by Crippen LogP contribution is -2.57. The summed E-state index contributed by atoms with van der Waals surface area (Å²) in [5, 5.41) is 15.5. The highest BCUT2D eigenvalue weighted by molar-refractivity contribution is 5.95. The standard InChI is InChI=1S/C48H70N8O11/c1-29(2)25-38(45(61)55-43(31(5)6)48(64)65-7)53-46(62)42(30(3)4)54-41(59)16-12-24-67-35-20-18-32-17-19-34(26-33(32)27-35)66-23-11-15-40(58)51-21-9-8-13-36(49)44(60)52-37-14-10-22-56(47(37)63)28-39(50)57/h10,14,17-20,22,26-27,29-31,36,38,42-43H,8-9,11-13,15-16,21,23-25,28,49H2,1-7H3,(H2,50,57)(H,51,58)(H,52,60)(H,53,62)(H,54,59)(H,55,61)/t36-,38+,42+,43+/m1/s1. The van der Waals surface area contributed by atoms with E-state index in [9.17, 15) is 38.4 Å². The number of anilines is 1. The van der Waals surface area contributed by atoms with Gasteiger partial charge in [-0.2, -0.15) is 0 Å². The lowest BCUT2D eigenvalue weighted by Gasteiger charge is -2.28. The van der Waals surface area contributed by atoms with Crippen molar-refractivity contribution in [2.45, 2.75) is 124 Å². The molecule has 0 saturated heterocycles. The number of benzene rings is 2. The number of hydrogen-bond acceptors (Lipinski definition) is 12. The molecule has 0 radical (unpaired) electrons. The fourth-order valence-corrected chi connectivity index (χ4v) is 6.94. The molecule has 0 spiro atoms. The van der Waals surface area contributed by atoms with Crippen LogP contribution in [-0.4, -0.2) is 97.0 Å². The second kappa shape index (κ2) is 27.9. The SMILES string of the molecule is COC(=O)[C@@H](NC(=O)[C@H](CC(C)C)NC(=O)[C@@H](NC(=O)CCCOc1ccc2ccc(OCCCC(=O)NCCCC[C@@H](N)C(=O)Nc3cccn(CC(N)=O)c3=O)cc2c1)C(C)C)C(C)C. The molecule has 4 atom stereocenters. The predicted molar refractivity (Wildman–Crippen MR) is 254 cm³/mol. The van der Waals surface area contributed by atoms with Crippen LogP contribution in [0.5, 0.6) is 11.5 Å². The van der Waals surface area contributed by atoms with E-state index in [0.29, 0.717) is 63.2 Å². The number of fused-ring (bicyclic) bond motifs is 1. The molecule has 0 fully saturated rings. The molecular weight excluding hydrogens is 865 g/mol. The number of aromatic nitrogens is 1. The summed E-state index contributed by atoms with van der Waals surface area (Å²) in [6.07, 6.45) is 4.46. The maximum Gasteiger partial charge on any atom is 0.328 e. The molecule has 0 aliphatic heterocycles. The number of hydrogen-bond donors (Lipinski definition) is 7. The van der Waals surface area contributed by atoms with Gasteiger partial charge in [-0.1, -0.05) is 53.7 Å².